The smallest absolute Gasteiger partial charge is 0.212 e. The van der Waals surface area contributed by atoms with Crippen LogP contribution in [0, 0.1) is 5.92 Å². The fraction of sp³-hybridized carbons (Fsp3) is 0.538. The predicted molar refractivity (Wildman–Crippen MR) is 79.0 cm³/mol. The number of hydrogen-bond donors (Lipinski definition) is 0. The van der Waals surface area contributed by atoms with Crippen LogP contribution < -0.4 is 0 Å². The highest BCUT2D eigenvalue weighted by Gasteiger charge is 2.35. The summed E-state index contributed by atoms with van der Waals surface area (Å²) in [6, 6.07) is 4.93. The highest BCUT2D eigenvalue weighted by atomic mass is 35.5. The Labute approximate surface area is 124 Å². The van der Waals surface area contributed by atoms with Gasteiger partial charge in [-0.2, -0.15) is 0 Å². The van der Waals surface area contributed by atoms with E-state index in [2.05, 4.69) is 0 Å². The summed E-state index contributed by atoms with van der Waals surface area (Å²) in [4.78, 5) is 0. The van der Waals surface area contributed by atoms with Crippen molar-refractivity contribution < 1.29 is 8.42 Å². The van der Waals surface area contributed by atoms with E-state index in [1.54, 1.807) is 25.2 Å². The van der Waals surface area contributed by atoms with Gasteiger partial charge in [0.15, 0.2) is 0 Å². The molecule has 0 radical (unpaired) electrons. The molecule has 1 atom stereocenters. The largest absolute Gasteiger partial charge is 0.218 e. The molecule has 3 nitrogen and oxygen atoms in total. The maximum absolute atomic E-state index is 12.3. The highest BCUT2D eigenvalue weighted by Crippen LogP contribution is 2.36. The lowest BCUT2D eigenvalue weighted by Gasteiger charge is -2.24. The van der Waals surface area contributed by atoms with Gasteiger partial charge in [0.2, 0.25) is 10.0 Å². The van der Waals surface area contributed by atoms with Crippen molar-refractivity contribution in [3.8, 4) is 0 Å². The minimum atomic E-state index is -3.34. The van der Waals surface area contributed by atoms with Crippen LogP contribution in [-0.4, -0.2) is 25.8 Å². The van der Waals surface area contributed by atoms with Gasteiger partial charge >= 0.3 is 0 Å². The minimum Gasteiger partial charge on any atom is -0.212 e. The average molecular weight is 322 g/mol. The molecule has 0 aliphatic heterocycles. The first kappa shape index (κ1) is 15.1. The van der Waals surface area contributed by atoms with Gasteiger partial charge in [0.1, 0.15) is 0 Å². The Kier molecular flexibility index (Phi) is 4.45. The van der Waals surface area contributed by atoms with Crippen LogP contribution in [0.5, 0.6) is 0 Å². The molecule has 0 saturated heterocycles. The Morgan fingerprint density at radius 2 is 1.79 bits per heavy atom. The van der Waals surface area contributed by atoms with Gasteiger partial charge in [0.05, 0.1) is 5.75 Å². The molecule has 1 aromatic carbocycles. The fourth-order valence-corrected chi connectivity index (χ4v) is 4.18. The lowest BCUT2D eigenvalue weighted by molar-refractivity contribution is 0.356. The number of nitrogens with zero attached hydrogens (tertiary/aromatic N) is 1. The van der Waals surface area contributed by atoms with Crippen molar-refractivity contribution in [2.75, 3.05) is 7.05 Å². The summed E-state index contributed by atoms with van der Waals surface area (Å²) in [6.07, 6.45) is 2.23. The van der Waals surface area contributed by atoms with Crippen LogP contribution in [0.2, 0.25) is 10.0 Å². The molecule has 1 aromatic rings. The fourth-order valence-electron chi connectivity index (χ4n) is 2.14. The molecule has 6 heteroatoms. The summed E-state index contributed by atoms with van der Waals surface area (Å²) in [6.45, 7) is 1.96. The highest BCUT2D eigenvalue weighted by molar-refractivity contribution is 7.88. The van der Waals surface area contributed by atoms with E-state index in [0.717, 1.165) is 12.8 Å². The average Bonchev–Trinajstić information content (AvgIpc) is 3.08. The van der Waals surface area contributed by atoms with E-state index in [0.29, 0.717) is 21.5 Å². The van der Waals surface area contributed by atoms with Gasteiger partial charge in [0, 0.05) is 23.1 Å². The lowest BCUT2D eigenvalue weighted by atomic mass is 10.2. The standard InChI is InChI=1S/C13H17Cl2NO2S/c1-9(11-3-4-11)16(2)19(17,18)8-10-5-12(14)7-13(15)6-10/h5-7,9,11H,3-4,8H2,1-2H3. The van der Waals surface area contributed by atoms with Crippen LogP contribution in [0.25, 0.3) is 0 Å². The molecule has 0 aromatic heterocycles. The van der Waals surface area contributed by atoms with Crippen molar-refractivity contribution in [1.29, 1.82) is 0 Å². The third kappa shape index (κ3) is 3.85. The van der Waals surface area contributed by atoms with Crippen LogP contribution in [0.4, 0.5) is 0 Å². The van der Waals surface area contributed by atoms with Crippen LogP contribution in [0.15, 0.2) is 18.2 Å². The van der Waals surface area contributed by atoms with E-state index in [1.165, 1.54) is 4.31 Å². The van der Waals surface area contributed by atoms with Crippen LogP contribution in [0.3, 0.4) is 0 Å². The monoisotopic (exact) mass is 321 g/mol. The number of benzene rings is 1. The first-order valence-corrected chi connectivity index (χ1v) is 8.57. The second-order valence-corrected chi connectivity index (χ2v) is 8.03. The van der Waals surface area contributed by atoms with Gasteiger partial charge in [-0.15, -0.1) is 0 Å². The summed E-state index contributed by atoms with van der Waals surface area (Å²) in [5, 5.41) is 0.909. The zero-order valence-corrected chi connectivity index (χ0v) is 13.3. The number of halogens is 2. The van der Waals surface area contributed by atoms with Crippen molar-refractivity contribution in [2.24, 2.45) is 5.92 Å². The first-order chi connectivity index (χ1) is 8.79. The van der Waals surface area contributed by atoms with Gasteiger partial charge < -0.3 is 0 Å². The normalized spacial score (nSPS) is 17.7. The molecule has 19 heavy (non-hydrogen) atoms. The quantitative estimate of drug-likeness (QED) is 0.831. The Morgan fingerprint density at radius 3 is 2.26 bits per heavy atom. The van der Waals surface area contributed by atoms with Crippen molar-refractivity contribution in [3.63, 3.8) is 0 Å². The molecule has 0 spiro atoms. The molecular formula is C13H17Cl2NO2S. The Balaban J connectivity index is 2.15. The minimum absolute atomic E-state index is 0.0552. The van der Waals surface area contributed by atoms with E-state index in [1.807, 2.05) is 6.92 Å². The van der Waals surface area contributed by atoms with E-state index in [4.69, 9.17) is 23.2 Å². The molecule has 0 N–H and O–H groups in total. The van der Waals surface area contributed by atoms with E-state index < -0.39 is 10.0 Å². The zero-order chi connectivity index (χ0) is 14.2. The topological polar surface area (TPSA) is 37.4 Å². The van der Waals surface area contributed by atoms with Crippen LogP contribution >= 0.6 is 23.2 Å². The molecule has 1 aliphatic rings. The Hall–Kier alpha value is -0.290. The third-order valence-corrected chi connectivity index (χ3v) is 5.93. The lowest BCUT2D eigenvalue weighted by Crippen LogP contribution is -2.37. The van der Waals surface area contributed by atoms with Crippen LogP contribution in [-0.2, 0) is 15.8 Å². The maximum atomic E-state index is 12.3. The van der Waals surface area contributed by atoms with Crippen molar-refractivity contribution in [2.45, 2.75) is 31.6 Å². The van der Waals surface area contributed by atoms with Crippen molar-refractivity contribution in [3.05, 3.63) is 33.8 Å². The molecule has 2 rings (SSSR count). The van der Waals surface area contributed by atoms with Crippen molar-refractivity contribution >= 4 is 33.2 Å². The van der Waals surface area contributed by atoms with Crippen molar-refractivity contribution in [1.82, 2.24) is 4.31 Å². The zero-order valence-electron chi connectivity index (χ0n) is 10.9. The molecule has 0 heterocycles. The number of rotatable bonds is 5. The van der Waals surface area contributed by atoms with Gasteiger partial charge in [-0.05, 0) is 49.4 Å². The summed E-state index contributed by atoms with van der Waals surface area (Å²) in [7, 11) is -1.69. The summed E-state index contributed by atoms with van der Waals surface area (Å²) in [5.41, 5.74) is 0.618. The molecule has 1 saturated carbocycles. The number of sulfonamides is 1. The number of hydrogen-bond acceptors (Lipinski definition) is 2. The van der Waals surface area contributed by atoms with E-state index in [-0.39, 0.29) is 11.8 Å². The Morgan fingerprint density at radius 1 is 1.26 bits per heavy atom. The first-order valence-electron chi connectivity index (χ1n) is 6.20. The third-order valence-electron chi connectivity index (χ3n) is 3.59. The van der Waals surface area contributed by atoms with Crippen LogP contribution in [0.1, 0.15) is 25.3 Å². The van der Waals surface area contributed by atoms with Gasteiger partial charge in [-0.1, -0.05) is 23.2 Å². The second kappa shape index (κ2) is 5.60. The summed E-state index contributed by atoms with van der Waals surface area (Å²) < 4.78 is 26.1. The van der Waals surface area contributed by atoms with Gasteiger partial charge in [-0.25, -0.2) is 12.7 Å². The Bertz CT molecular complexity index is 550. The summed E-state index contributed by atoms with van der Waals surface area (Å²) >= 11 is 11.8. The predicted octanol–water partition coefficient (Wildman–Crippen LogP) is 3.55. The summed E-state index contributed by atoms with van der Waals surface area (Å²) in [5.74, 6) is 0.434. The SMILES string of the molecule is CC(C1CC1)N(C)S(=O)(=O)Cc1cc(Cl)cc(Cl)c1. The molecule has 1 aliphatic carbocycles. The van der Waals surface area contributed by atoms with Gasteiger partial charge in [-0.3, -0.25) is 0 Å². The molecule has 106 valence electrons. The molecule has 1 unspecified atom stereocenters. The molecule has 0 amide bonds. The van der Waals surface area contributed by atoms with E-state index in [9.17, 15) is 8.42 Å². The second-order valence-electron chi connectivity index (χ2n) is 5.13. The maximum Gasteiger partial charge on any atom is 0.218 e. The molecule has 1 fully saturated rings. The van der Waals surface area contributed by atoms with Gasteiger partial charge in [0.25, 0.3) is 0 Å². The van der Waals surface area contributed by atoms with E-state index >= 15 is 0 Å². The molecule has 0 bridgehead atoms. The molecular weight excluding hydrogens is 305 g/mol.